The van der Waals surface area contributed by atoms with Gasteiger partial charge >= 0.3 is 0 Å². The summed E-state index contributed by atoms with van der Waals surface area (Å²) in [4.78, 5) is 13.4. The van der Waals surface area contributed by atoms with Crippen LogP contribution in [0.5, 0.6) is 5.75 Å². The molecule has 0 saturated carbocycles. The molecule has 0 aliphatic carbocycles. The molecule has 2 aromatic carbocycles. The predicted octanol–water partition coefficient (Wildman–Crippen LogP) is 3.52. The summed E-state index contributed by atoms with van der Waals surface area (Å²) in [7, 11) is 1.64. The van der Waals surface area contributed by atoms with Crippen molar-refractivity contribution in [1.29, 1.82) is 0 Å². The van der Waals surface area contributed by atoms with Gasteiger partial charge in [-0.3, -0.25) is 4.79 Å². The average Bonchev–Trinajstić information content (AvgIpc) is 2.67. The lowest BCUT2D eigenvalue weighted by Gasteiger charge is -2.13. The highest BCUT2D eigenvalue weighted by molar-refractivity contribution is 8.00. The molecule has 20 heavy (non-hydrogen) atoms. The molecule has 0 aromatic heterocycles. The first-order valence-corrected chi connectivity index (χ1v) is 7.32. The van der Waals surface area contributed by atoms with E-state index in [9.17, 15) is 4.79 Å². The summed E-state index contributed by atoms with van der Waals surface area (Å²) >= 11 is 1.60. The number of benzene rings is 2. The number of anilines is 1. The number of hydrogen-bond donors (Lipinski definition) is 1. The normalized spacial score (nSPS) is 17.9. The third-order valence-corrected chi connectivity index (χ3v) is 4.68. The number of nitrogens with one attached hydrogen (secondary N) is 1. The maximum Gasteiger partial charge on any atom is 0.169 e. The predicted molar refractivity (Wildman–Crippen MR) is 81.5 cm³/mol. The van der Waals surface area contributed by atoms with Crippen LogP contribution in [0.2, 0.25) is 0 Å². The van der Waals surface area contributed by atoms with Crippen molar-refractivity contribution < 1.29 is 9.53 Å². The fourth-order valence-corrected chi connectivity index (χ4v) is 3.40. The molecule has 0 spiro atoms. The van der Waals surface area contributed by atoms with E-state index in [1.165, 1.54) is 0 Å². The Morgan fingerprint density at radius 1 is 1.15 bits per heavy atom. The van der Waals surface area contributed by atoms with Crippen LogP contribution in [0.3, 0.4) is 0 Å². The molecule has 1 atom stereocenters. The Balaban J connectivity index is 1.93. The molecule has 1 heterocycles. The van der Waals surface area contributed by atoms with Gasteiger partial charge in [-0.15, -0.1) is 11.8 Å². The molecule has 1 aliphatic rings. The van der Waals surface area contributed by atoms with Crippen molar-refractivity contribution in [1.82, 2.24) is 0 Å². The number of carbonyl (C=O) groups excluding carboxylic acids is 1. The topological polar surface area (TPSA) is 38.3 Å². The van der Waals surface area contributed by atoms with E-state index in [0.717, 1.165) is 21.9 Å². The van der Waals surface area contributed by atoms with Crippen molar-refractivity contribution in [2.45, 2.75) is 10.1 Å². The maximum atomic E-state index is 12.3. The number of para-hydroxylation sites is 1. The van der Waals surface area contributed by atoms with E-state index < -0.39 is 0 Å². The lowest BCUT2D eigenvalue weighted by Crippen LogP contribution is -2.17. The van der Waals surface area contributed by atoms with Gasteiger partial charge in [-0.2, -0.15) is 0 Å². The van der Waals surface area contributed by atoms with E-state index >= 15 is 0 Å². The van der Waals surface area contributed by atoms with Crippen molar-refractivity contribution in [2.24, 2.45) is 0 Å². The van der Waals surface area contributed by atoms with Crippen molar-refractivity contribution in [3.63, 3.8) is 0 Å². The Morgan fingerprint density at radius 3 is 2.65 bits per heavy atom. The van der Waals surface area contributed by atoms with Gasteiger partial charge in [-0.25, -0.2) is 0 Å². The van der Waals surface area contributed by atoms with Crippen LogP contribution in [-0.4, -0.2) is 19.4 Å². The monoisotopic (exact) mass is 285 g/mol. The van der Waals surface area contributed by atoms with E-state index in [2.05, 4.69) is 5.32 Å². The zero-order valence-corrected chi connectivity index (χ0v) is 11.9. The van der Waals surface area contributed by atoms with Gasteiger partial charge in [-0.05, 0) is 29.8 Å². The van der Waals surface area contributed by atoms with Crippen molar-refractivity contribution in [3.05, 3.63) is 54.1 Å². The molecule has 0 fully saturated rings. The largest absolute Gasteiger partial charge is 0.497 e. The van der Waals surface area contributed by atoms with Crippen LogP contribution < -0.4 is 10.1 Å². The zero-order valence-electron chi connectivity index (χ0n) is 11.1. The Morgan fingerprint density at radius 2 is 1.90 bits per heavy atom. The first-order valence-electron chi connectivity index (χ1n) is 6.44. The Kier molecular flexibility index (Phi) is 3.65. The summed E-state index contributed by atoms with van der Waals surface area (Å²) in [6, 6.07) is 15.7. The van der Waals surface area contributed by atoms with Gasteiger partial charge in [0.25, 0.3) is 0 Å². The third kappa shape index (κ3) is 2.51. The van der Waals surface area contributed by atoms with Gasteiger partial charge in [-0.1, -0.05) is 24.3 Å². The number of ether oxygens (including phenoxy) is 1. The van der Waals surface area contributed by atoms with Gasteiger partial charge in [0.1, 0.15) is 5.75 Å². The Hall–Kier alpha value is -1.94. The van der Waals surface area contributed by atoms with E-state index in [1.807, 2.05) is 48.5 Å². The second kappa shape index (κ2) is 5.59. The molecule has 102 valence electrons. The molecule has 0 amide bonds. The first kappa shape index (κ1) is 13.1. The first-order chi connectivity index (χ1) is 9.78. The number of rotatable bonds is 2. The number of thioether (sulfide) groups is 1. The number of hydrogen-bond acceptors (Lipinski definition) is 4. The minimum absolute atomic E-state index is 0.169. The van der Waals surface area contributed by atoms with Crippen LogP contribution in [0, 0.1) is 0 Å². The highest BCUT2D eigenvalue weighted by atomic mass is 32.2. The summed E-state index contributed by atoms with van der Waals surface area (Å²) < 4.78 is 5.16. The molecule has 1 unspecified atom stereocenters. The van der Waals surface area contributed by atoms with E-state index in [4.69, 9.17) is 4.74 Å². The fraction of sp³-hybridized carbons (Fsp3) is 0.188. The van der Waals surface area contributed by atoms with Crippen LogP contribution in [0.1, 0.15) is 10.8 Å². The van der Waals surface area contributed by atoms with Crippen LogP contribution in [0.15, 0.2) is 53.4 Å². The van der Waals surface area contributed by atoms with Gasteiger partial charge in [0, 0.05) is 10.6 Å². The molecular weight excluding hydrogens is 270 g/mol. The summed E-state index contributed by atoms with van der Waals surface area (Å²) in [5.74, 6) is 0.995. The number of methoxy groups -OCH3 is 1. The Bertz CT molecular complexity index is 625. The number of fused-ring (bicyclic) bond motifs is 1. The maximum absolute atomic E-state index is 12.3. The molecule has 0 radical (unpaired) electrons. The molecule has 1 N–H and O–H groups in total. The minimum atomic E-state index is -0.169. The van der Waals surface area contributed by atoms with Crippen molar-refractivity contribution in [3.8, 4) is 5.75 Å². The summed E-state index contributed by atoms with van der Waals surface area (Å²) in [6.45, 7) is 0.362. The SMILES string of the molecule is COc1ccc(C2Sc3ccccc3NCC2=O)cc1. The van der Waals surface area contributed by atoms with E-state index in [-0.39, 0.29) is 11.0 Å². The van der Waals surface area contributed by atoms with E-state index in [0.29, 0.717) is 6.54 Å². The minimum Gasteiger partial charge on any atom is -0.497 e. The van der Waals surface area contributed by atoms with E-state index in [1.54, 1.807) is 18.9 Å². The molecule has 3 nitrogen and oxygen atoms in total. The fourth-order valence-electron chi connectivity index (χ4n) is 2.22. The van der Waals surface area contributed by atoms with Crippen LogP contribution >= 0.6 is 11.8 Å². The second-order valence-corrected chi connectivity index (χ2v) is 5.73. The summed E-state index contributed by atoms with van der Waals surface area (Å²) in [6.07, 6.45) is 0. The number of carbonyl (C=O) groups is 1. The smallest absolute Gasteiger partial charge is 0.169 e. The van der Waals surface area contributed by atoms with Gasteiger partial charge in [0.2, 0.25) is 0 Å². The van der Waals surface area contributed by atoms with Crippen LogP contribution in [-0.2, 0) is 4.79 Å². The standard InChI is InChI=1S/C16H15NO2S/c1-19-12-8-6-11(7-9-12)16-14(18)10-17-13-4-2-3-5-15(13)20-16/h2-9,16-17H,10H2,1H3. The van der Waals surface area contributed by atoms with Gasteiger partial charge < -0.3 is 10.1 Å². The number of ketones is 1. The van der Waals surface area contributed by atoms with Gasteiger partial charge in [0.15, 0.2) is 5.78 Å². The van der Waals surface area contributed by atoms with Crippen LogP contribution in [0.4, 0.5) is 5.69 Å². The highest BCUT2D eigenvalue weighted by Crippen LogP contribution is 2.41. The highest BCUT2D eigenvalue weighted by Gasteiger charge is 2.25. The molecule has 2 aromatic rings. The quantitative estimate of drug-likeness (QED) is 0.916. The molecule has 3 rings (SSSR count). The average molecular weight is 285 g/mol. The van der Waals surface area contributed by atoms with Gasteiger partial charge in [0.05, 0.1) is 18.9 Å². The third-order valence-electron chi connectivity index (χ3n) is 3.30. The molecule has 0 saturated heterocycles. The number of Topliss-reactive ketones (excluding diaryl/α,β-unsaturated/α-hetero) is 1. The lowest BCUT2D eigenvalue weighted by molar-refractivity contribution is -0.117. The lowest BCUT2D eigenvalue weighted by atomic mass is 10.1. The summed E-state index contributed by atoms with van der Waals surface area (Å²) in [5.41, 5.74) is 2.04. The van der Waals surface area contributed by atoms with Crippen LogP contribution in [0.25, 0.3) is 0 Å². The van der Waals surface area contributed by atoms with Crippen molar-refractivity contribution >= 4 is 23.2 Å². The molecular formula is C16H15NO2S. The van der Waals surface area contributed by atoms with Crippen molar-refractivity contribution in [2.75, 3.05) is 19.0 Å². The zero-order chi connectivity index (χ0) is 13.9. The Labute approximate surface area is 122 Å². The molecule has 0 bridgehead atoms. The second-order valence-electron chi connectivity index (χ2n) is 4.59. The molecule has 4 heteroatoms. The summed E-state index contributed by atoms with van der Waals surface area (Å²) in [5, 5.41) is 3.03. The molecule has 1 aliphatic heterocycles.